The van der Waals surface area contributed by atoms with Gasteiger partial charge in [0.15, 0.2) is 22.6 Å². The molecule has 4 aromatic heterocycles. The Bertz CT molecular complexity index is 1440. The standard InChI is InChI=1S/C7H9N5O.C7H9N5.C7H11N3/c1-8-7-10-5-4(6(13)11-7)9-3-12(5)2;1-8-6-5-7(10-3-9-6)12(2)4-11-5;1-6-9-7(8-2)4-5-10(6)3/h3H,1-2H3,(H2,8,10,11,13);3-4H,1-2H3,(H,8,9,10);4-5H,1H2,2-3H3,(H,8,9). The van der Waals surface area contributed by atoms with Crippen molar-refractivity contribution in [2.24, 2.45) is 19.1 Å². The number of aromatic nitrogens is 8. The predicted octanol–water partition coefficient (Wildman–Crippen LogP) is 0.638. The number of hydrogen-bond donors (Lipinski definition) is 4. The van der Waals surface area contributed by atoms with Gasteiger partial charge in [-0.05, 0) is 6.08 Å². The largest absolute Gasteiger partial charge is 0.371 e. The Kier molecular flexibility index (Phi) is 7.76. The number of nitrogens with one attached hydrogen (secondary N) is 4. The summed E-state index contributed by atoms with van der Waals surface area (Å²) in [7, 11) is 10.9. The number of aliphatic imine (C=N–C) groups is 1. The molecule has 0 bridgehead atoms. The third-order valence-corrected chi connectivity index (χ3v) is 4.94. The lowest BCUT2D eigenvalue weighted by Crippen LogP contribution is -2.32. The Balaban J connectivity index is 0.000000148. The summed E-state index contributed by atoms with van der Waals surface area (Å²) < 4.78 is 3.56. The van der Waals surface area contributed by atoms with Gasteiger partial charge in [0.05, 0.1) is 12.7 Å². The maximum Gasteiger partial charge on any atom is 0.280 e. The van der Waals surface area contributed by atoms with Crippen molar-refractivity contribution in [3.8, 4) is 0 Å². The van der Waals surface area contributed by atoms with Crippen LogP contribution in [-0.4, -0.2) is 78.0 Å². The van der Waals surface area contributed by atoms with Crippen LogP contribution in [0.2, 0.25) is 0 Å². The van der Waals surface area contributed by atoms with Crippen molar-refractivity contribution in [3.63, 3.8) is 0 Å². The van der Waals surface area contributed by atoms with Gasteiger partial charge in [0.25, 0.3) is 5.56 Å². The van der Waals surface area contributed by atoms with Gasteiger partial charge in [0.2, 0.25) is 5.95 Å². The summed E-state index contributed by atoms with van der Waals surface area (Å²) in [4.78, 5) is 40.2. The van der Waals surface area contributed by atoms with Gasteiger partial charge in [-0.1, -0.05) is 6.58 Å². The summed E-state index contributed by atoms with van der Waals surface area (Å²) in [6.45, 7) is 3.78. The van der Waals surface area contributed by atoms with Crippen LogP contribution in [0.1, 0.15) is 0 Å². The monoisotopic (exact) mass is 479 g/mol. The summed E-state index contributed by atoms with van der Waals surface area (Å²) in [6, 6.07) is 0. The van der Waals surface area contributed by atoms with E-state index in [-0.39, 0.29) is 5.56 Å². The van der Waals surface area contributed by atoms with E-state index in [0.29, 0.717) is 17.1 Å². The van der Waals surface area contributed by atoms with Crippen molar-refractivity contribution in [1.29, 1.82) is 0 Å². The number of aryl methyl sites for hydroxylation is 2. The first-order valence-electron chi connectivity index (χ1n) is 10.5. The SMILES string of the molecule is C=C1NC(=NC)C=CN1C.CNc1nc2c(ncn2C)c(=O)[nH]1.CNc1ncnc2c1ncn2C. The molecule has 1 aliphatic heterocycles. The third-order valence-electron chi connectivity index (χ3n) is 4.94. The number of anilines is 2. The third kappa shape index (κ3) is 5.61. The molecular formula is C21H29N13O. The fourth-order valence-electron chi connectivity index (χ4n) is 2.94. The van der Waals surface area contributed by atoms with Gasteiger partial charge in [-0.3, -0.25) is 14.8 Å². The number of amidine groups is 1. The van der Waals surface area contributed by atoms with Gasteiger partial charge in [-0.15, -0.1) is 0 Å². The zero-order valence-corrected chi connectivity index (χ0v) is 20.5. The highest BCUT2D eigenvalue weighted by molar-refractivity contribution is 5.94. The molecule has 14 heteroatoms. The average molecular weight is 480 g/mol. The molecule has 0 spiro atoms. The molecule has 0 saturated carbocycles. The zero-order chi connectivity index (χ0) is 25.5. The van der Waals surface area contributed by atoms with Crippen LogP contribution >= 0.6 is 0 Å². The first-order valence-corrected chi connectivity index (χ1v) is 10.5. The van der Waals surface area contributed by atoms with Crippen molar-refractivity contribution in [2.75, 3.05) is 38.8 Å². The smallest absolute Gasteiger partial charge is 0.280 e. The van der Waals surface area contributed by atoms with Crippen LogP contribution in [0.15, 0.2) is 53.4 Å². The first-order chi connectivity index (χ1) is 16.8. The van der Waals surface area contributed by atoms with Crippen LogP contribution in [0.4, 0.5) is 11.8 Å². The lowest BCUT2D eigenvalue weighted by Gasteiger charge is -2.22. The number of hydrogen-bond acceptors (Lipinski definition) is 10. The molecule has 0 aromatic carbocycles. The average Bonchev–Trinajstić information content (AvgIpc) is 3.44. The Morgan fingerprint density at radius 2 is 1.66 bits per heavy atom. The molecule has 0 fully saturated rings. The van der Waals surface area contributed by atoms with E-state index < -0.39 is 0 Å². The fourth-order valence-corrected chi connectivity index (χ4v) is 2.94. The van der Waals surface area contributed by atoms with E-state index in [1.807, 2.05) is 42.9 Å². The van der Waals surface area contributed by atoms with Crippen LogP contribution in [-0.2, 0) is 14.1 Å². The van der Waals surface area contributed by atoms with E-state index in [1.165, 1.54) is 6.33 Å². The highest BCUT2D eigenvalue weighted by Crippen LogP contribution is 2.14. The number of imidazole rings is 2. The minimum absolute atomic E-state index is 0.227. The van der Waals surface area contributed by atoms with E-state index in [9.17, 15) is 4.79 Å². The molecule has 0 aliphatic carbocycles. The van der Waals surface area contributed by atoms with Crippen molar-refractivity contribution >= 4 is 39.9 Å². The van der Waals surface area contributed by atoms with Gasteiger partial charge < -0.3 is 30.0 Å². The summed E-state index contributed by atoms with van der Waals surface area (Å²) in [5, 5.41) is 8.74. The molecule has 4 aromatic rings. The van der Waals surface area contributed by atoms with E-state index in [0.717, 1.165) is 28.6 Å². The molecule has 0 unspecified atom stereocenters. The molecule has 5 heterocycles. The van der Waals surface area contributed by atoms with Crippen molar-refractivity contribution in [2.45, 2.75) is 0 Å². The molecular weight excluding hydrogens is 450 g/mol. The highest BCUT2D eigenvalue weighted by Gasteiger charge is 2.07. The zero-order valence-electron chi connectivity index (χ0n) is 20.5. The topological polar surface area (TPSA) is 159 Å². The molecule has 5 rings (SSSR count). The Hall–Kier alpha value is -4.75. The van der Waals surface area contributed by atoms with Crippen LogP contribution in [0.5, 0.6) is 0 Å². The van der Waals surface area contributed by atoms with Crippen molar-refractivity contribution < 1.29 is 0 Å². The highest BCUT2D eigenvalue weighted by atomic mass is 16.1. The fraction of sp³-hybridized carbons (Fsp3) is 0.286. The first kappa shape index (κ1) is 24.9. The Morgan fingerprint density at radius 1 is 0.971 bits per heavy atom. The van der Waals surface area contributed by atoms with Gasteiger partial charge in [-0.25, -0.2) is 19.9 Å². The molecule has 184 valence electrons. The lowest BCUT2D eigenvalue weighted by molar-refractivity contribution is 0.535. The second-order valence-corrected chi connectivity index (χ2v) is 7.30. The summed E-state index contributed by atoms with van der Waals surface area (Å²) in [5.41, 5.74) is 2.36. The maximum atomic E-state index is 11.4. The summed E-state index contributed by atoms with van der Waals surface area (Å²) in [5.74, 6) is 2.91. The molecule has 0 amide bonds. The number of fused-ring (bicyclic) bond motifs is 2. The van der Waals surface area contributed by atoms with Crippen LogP contribution in [0, 0.1) is 0 Å². The predicted molar refractivity (Wildman–Crippen MR) is 137 cm³/mol. The normalized spacial score (nSPS) is 13.7. The van der Waals surface area contributed by atoms with Crippen LogP contribution in [0.3, 0.4) is 0 Å². The minimum Gasteiger partial charge on any atom is -0.371 e. The van der Waals surface area contributed by atoms with Gasteiger partial charge in [-0.2, -0.15) is 4.98 Å². The van der Waals surface area contributed by atoms with Crippen molar-refractivity contribution in [3.05, 3.63) is 54.0 Å². The quantitative estimate of drug-likeness (QED) is 0.321. The van der Waals surface area contributed by atoms with E-state index in [1.54, 1.807) is 38.4 Å². The minimum atomic E-state index is -0.227. The number of nitrogens with zero attached hydrogens (tertiary/aromatic N) is 9. The van der Waals surface area contributed by atoms with E-state index in [2.05, 4.69) is 57.4 Å². The number of rotatable bonds is 2. The van der Waals surface area contributed by atoms with Gasteiger partial charge >= 0.3 is 0 Å². The van der Waals surface area contributed by atoms with E-state index >= 15 is 0 Å². The second-order valence-electron chi connectivity index (χ2n) is 7.30. The second kappa shape index (κ2) is 10.9. The van der Waals surface area contributed by atoms with Gasteiger partial charge in [0.1, 0.15) is 23.5 Å². The van der Waals surface area contributed by atoms with Crippen LogP contribution < -0.4 is 21.5 Å². The number of aromatic amines is 1. The lowest BCUT2D eigenvalue weighted by atomic mass is 10.4. The van der Waals surface area contributed by atoms with Gasteiger partial charge in [0, 0.05) is 48.5 Å². The summed E-state index contributed by atoms with van der Waals surface area (Å²) in [6.07, 6.45) is 8.62. The Labute approximate surface area is 201 Å². The molecule has 4 N–H and O–H groups in total. The molecule has 14 nitrogen and oxygen atoms in total. The molecule has 35 heavy (non-hydrogen) atoms. The Morgan fingerprint density at radius 3 is 2.29 bits per heavy atom. The molecule has 0 atom stereocenters. The maximum absolute atomic E-state index is 11.4. The molecule has 1 aliphatic rings. The molecule has 0 saturated heterocycles. The number of H-pyrrole nitrogens is 1. The summed E-state index contributed by atoms with van der Waals surface area (Å²) >= 11 is 0. The van der Waals surface area contributed by atoms with Crippen molar-refractivity contribution in [1.82, 2.24) is 49.3 Å². The van der Waals surface area contributed by atoms with E-state index in [4.69, 9.17) is 0 Å². The molecule has 0 radical (unpaired) electrons. The van der Waals surface area contributed by atoms with Crippen LogP contribution in [0.25, 0.3) is 22.3 Å².